The van der Waals surface area contributed by atoms with E-state index in [4.69, 9.17) is 15.2 Å². The van der Waals surface area contributed by atoms with E-state index in [0.717, 1.165) is 5.56 Å². The highest BCUT2D eigenvalue weighted by Crippen LogP contribution is 2.43. The Hall–Kier alpha value is -1.42. The predicted molar refractivity (Wildman–Crippen MR) is 47.1 cm³/mol. The van der Waals surface area contributed by atoms with E-state index in [1.165, 1.54) is 13.2 Å². The van der Waals surface area contributed by atoms with E-state index in [2.05, 4.69) is 0 Å². The third kappa shape index (κ3) is 1.10. The molecule has 13 heavy (non-hydrogen) atoms. The minimum atomic E-state index is -0.211. The van der Waals surface area contributed by atoms with Gasteiger partial charge in [-0.3, -0.25) is 0 Å². The maximum Gasteiger partial charge on any atom is 0.169 e. The van der Waals surface area contributed by atoms with Gasteiger partial charge in [0, 0.05) is 0 Å². The fourth-order valence-corrected chi connectivity index (χ4v) is 1.52. The van der Waals surface area contributed by atoms with Crippen LogP contribution >= 0.6 is 0 Å². The van der Waals surface area contributed by atoms with Gasteiger partial charge in [0.25, 0.3) is 0 Å². The van der Waals surface area contributed by atoms with E-state index in [1.807, 2.05) is 0 Å². The summed E-state index contributed by atoms with van der Waals surface area (Å²) in [5.41, 5.74) is 6.53. The van der Waals surface area contributed by atoms with Crippen molar-refractivity contribution in [2.45, 2.75) is 6.04 Å². The standard InChI is InChI=1S/C9H11NO3/c1-12-9-6(11)2-3-7-8(9)5(10)4-13-7/h2-3,5,11H,4,10H2,1H3. The van der Waals surface area contributed by atoms with Crippen LogP contribution < -0.4 is 15.2 Å². The molecule has 0 spiro atoms. The molecule has 0 radical (unpaired) electrons. The number of rotatable bonds is 1. The molecule has 0 aromatic heterocycles. The van der Waals surface area contributed by atoms with Crippen LogP contribution in [0.1, 0.15) is 11.6 Å². The van der Waals surface area contributed by atoms with Crippen molar-refractivity contribution < 1.29 is 14.6 Å². The summed E-state index contributed by atoms with van der Waals surface area (Å²) in [4.78, 5) is 0. The third-order valence-electron chi connectivity index (χ3n) is 2.13. The van der Waals surface area contributed by atoms with E-state index < -0.39 is 0 Å². The van der Waals surface area contributed by atoms with Crippen molar-refractivity contribution in [1.82, 2.24) is 0 Å². The molecule has 70 valence electrons. The maximum absolute atomic E-state index is 9.46. The van der Waals surface area contributed by atoms with E-state index in [9.17, 15) is 5.11 Å². The highest BCUT2D eigenvalue weighted by Gasteiger charge is 2.26. The number of fused-ring (bicyclic) bond motifs is 1. The lowest BCUT2D eigenvalue weighted by Crippen LogP contribution is -2.11. The summed E-state index contributed by atoms with van der Waals surface area (Å²) in [5, 5.41) is 9.46. The van der Waals surface area contributed by atoms with Gasteiger partial charge in [0.05, 0.1) is 18.7 Å². The molecule has 4 nitrogen and oxygen atoms in total. The van der Waals surface area contributed by atoms with Crippen molar-refractivity contribution in [2.24, 2.45) is 5.73 Å². The summed E-state index contributed by atoms with van der Waals surface area (Å²) in [6, 6.07) is 3.02. The molecule has 0 amide bonds. The maximum atomic E-state index is 9.46. The molecule has 0 aliphatic carbocycles. The Morgan fingerprint density at radius 3 is 3.08 bits per heavy atom. The number of methoxy groups -OCH3 is 1. The molecule has 0 saturated heterocycles. The molecular formula is C9H11NO3. The molecule has 1 aromatic carbocycles. The fraction of sp³-hybridized carbons (Fsp3) is 0.333. The molecule has 1 aliphatic heterocycles. The number of nitrogens with two attached hydrogens (primary N) is 1. The van der Waals surface area contributed by atoms with E-state index in [0.29, 0.717) is 18.1 Å². The van der Waals surface area contributed by atoms with Crippen molar-refractivity contribution in [3.63, 3.8) is 0 Å². The molecule has 0 bridgehead atoms. The molecule has 2 rings (SSSR count). The van der Waals surface area contributed by atoms with Gasteiger partial charge >= 0.3 is 0 Å². The van der Waals surface area contributed by atoms with Crippen LogP contribution in [0, 0.1) is 0 Å². The van der Waals surface area contributed by atoms with Crippen LogP contribution in [-0.2, 0) is 0 Å². The number of phenolic OH excluding ortho intramolecular Hbond substituents is 1. The minimum Gasteiger partial charge on any atom is -0.504 e. The van der Waals surface area contributed by atoms with Crippen LogP contribution in [0.2, 0.25) is 0 Å². The van der Waals surface area contributed by atoms with Crippen LogP contribution in [0.3, 0.4) is 0 Å². The number of benzene rings is 1. The second-order valence-corrected chi connectivity index (χ2v) is 2.95. The average Bonchev–Trinajstić information content (AvgIpc) is 2.49. The summed E-state index contributed by atoms with van der Waals surface area (Å²) in [6.45, 7) is 0.440. The van der Waals surface area contributed by atoms with Crippen LogP contribution in [0.4, 0.5) is 0 Å². The molecule has 1 aliphatic rings. The van der Waals surface area contributed by atoms with E-state index in [-0.39, 0.29) is 11.8 Å². The largest absolute Gasteiger partial charge is 0.504 e. The quantitative estimate of drug-likeness (QED) is 0.672. The lowest BCUT2D eigenvalue weighted by Gasteiger charge is -2.09. The summed E-state index contributed by atoms with van der Waals surface area (Å²) < 4.78 is 10.3. The van der Waals surface area contributed by atoms with E-state index in [1.54, 1.807) is 6.07 Å². The van der Waals surface area contributed by atoms with Gasteiger partial charge in [-0.25, -0.2) is 0 Å². The van der Waals surface area contributed by atoms with E-state index >= 15 is 0 Å². The predicted octanol–water partition coefficient (Wildman–Crippen LogP) is 0.793. The van der Waals surface area contributed by atoms with Crippen molar-refractivity contribution in [1.29, 1.82) is 0 Å². The second-order valence-electron chi connectivity index (χ2n) is 2.95. The molecule has 0 fully saturated rings. The van der Waals surface area contributed by atoms with Gasteiger partial charge in [-0.05, 0) is 12.1 Å². The summed E-state index contributed by atoms with van der Waals surface area (Å²) in [7, 11) is 1.50. The summed E-state index contributed by atoms with van der Waals surface area (Å²) in [6.07, 6.45) is 0. The first-order chi connectivity index (χ1) is 6.24. The first-order valence-corrected chi connectivity index (χ1v) is 4.02. The third-order valence-corrected chi connectivity index (χ3v) is 2.13. The number of ether oxygens (including phenoxy) is 2. The highest BCUT2D eigenvalue weighted by atomic mass is 16.5. The molecule has 1 atom stereocenters. The number of phenols is 1. The van der Waals surface area contributed by atoms with Gasteiger partial charge in [0.15, 0.2) is 11.5 Å². The van der Waals surface area contributed by atoms with Crippen molar-refractivity contribution in [3.8, 4) is 17.2 Å². The van der Waals surface area contributed by atoms with Crippen LogP contribution in [-0.4, -0.2) is 18.8 Å². The average molecular weight is 181 g/mol. The van der Waals surface area contributed by atoms with Crippen molar-refractivity contribution in [2.75, 3.05) is 13.7 Å². The second kappa shape index (κ2) is 2.81. The van der Waals surface area contributed by atoms with Gasteiger partial charge in [0.2, 0.25) is 0 Å². The molecule has 1 aromatic rings. The minimum absolute atomic E-state index is 0.0993. The van der Waals surface area contributed by atoms with Crippen molar-refractivity contribution >= 4 is 0 Å². The topological polar surface area (TPSA) is 64.7 Å². The lowest BCUT2D eigenvalue weighted by molar-refractivity contribution is 0.333. The summed E-state index contributed by atoms with van der Waals surface area (Å²) >= 11 is 0. The number of hydrogen-bond donors (Lipinski definition) is 2. The van der Waals surface area contributed by atoms with Crippen molar-refractivity contribution in [3.05, 3.63) is 17.7 Å². The van der Waals surface area contributed by atoms with Gasteiger partial charge in [-0.2, -0.15) is 0 Å². The van der Waals surface area contributed by atoms with Gasteiger partial charge in [-0.1, -0.05) is 0 Å². The molecule has 0 saturated carbocycles. The first-order valence-electron chi connectivity index (χ1n) is 4.02. The van der Waals surface area contributed by atoms with Crippen LogP contribution in [0.15, 0.2) is 12.1 Å². The molecule has 1 heterocycles. The Bertz CT molecular complexity index is 338. The molecule has 4 heteroatoms. The Balaban J connectivity index is 2.60. The number of hydrogen-bond acceptors (Lipinski definition) is 4. The van der Waals surface area contributed by atoms with Crippen LogP contribution in [0.25, 0.3) is 0 Å². The summed E-state index contributed by atoms with van der Waals surface area (Å²) in [5.74, 6) is 1.21. The fourth-order valence-electron chi connectivity index (χ4n) is 1.52. The van der Waals surface area contributed by atoms with Gasteiger partial charge < -0.3 is 20.3 Å². The SMILES string of the molecule is COc1c(O)ccc2c1C(N)CO2. The number of aromatic hydroxyl groups is 1. The molecular weight excluding hydrogens is 170 g/mol. The Labute approximate surface area is 75.9 Å². The Kier molecular flexibility index (Phi) is 1.77. The monoisotopic (exact) mass is 181 g/mol. The van der Waals surface area contributed by atoms with Gasteiger partial charge in [0.1, 0.15) is 12.4 Å². The first kappa shape index (κ1) is 8.19. The Morgan fingerprint density at radius 1 is 1.62 bits per heavy atom. The van der Waals surface area contributed by atoms with Gasteiger partial charge in [-0.15, -0.1) is 0 Å². The molecule has 3 N–H and O–H groups in total. The highest BCUT2D eigenvalue weighted by molar-refractivity contribution is 5.56. The normalized spacial score (nSPS) is 19.4. The lowest BCUT2D eigenvalue weighted by atomic mass is 10.1. The molecule has 1 unspecified atom stereocenters. The smallest absolute Gasteiger partial charge is 0.169 e. The Morgan fingerprint density at radius 2 is 2.38 bits per heavy atom. The zero-order valence-corrected chi connectivity index (χ0v) is 7.28. The van der Waals surface area contributed by atoms with Crippen LogP contribution in [0.5, 0.6) is 17.2 Å². The zero-order chi connectivity index (χ0) is 9.42. The zero-order valence-electron chi connectivity index (χ0n) is 7.28.